The van der Waals surface area contributed by atoms with Crippen LogP contribution in [0.25, 0.3) is 60.5 Å². The van der Waals surface area contributed by atoms with Crippen molar-refractivity contribution in [2.45, 2.75) is 34.6 Å². The highest BCUT2D eigenvalue weighted by atomic mass is 15.0. The number of nitriles is 2. The van der Waals surface area contributed by atoms with E-state index >= 15 is 0 Å². The summed E-state index contributed by atoms with van der Waals surface area (Å²) < 4.78 is 2.33. The van der Waals surface area contributed by atoms with Crippen molar-refractivity contribution in [3.8, 4) is 40.1 Å². The van der Waals surface area contributed by atoms with Gasteiger partial charge in [0, 0.05) is 32.8 Å². The summed E-state index contributed by atoms with van der Waals surface area (Å²) in [6.07, 6.45) is 5.58. The molecule has 244 valence electrons. The van der Waals surface area contributed by atoms with Crippen LogP contribution in [-0.2, 0) is 0 Å². The van der Waals surface area contributed by atoms with Gasteiger partial charge in [-0.1, -0.05) is 114 Å². The molecule has 3 nitrogen and oxygen atoms in total. The van der Waals surface area contributed by atoms with Gasteiger partial charge in [-0.3, -0.25) is 0 Å². The molecule has 0 bridgehead atoms. The number of fused-ring (bicyclic) bond motifs is 4. The third kappa shape index (κ3) is 7.19. The Morgan fingerprint density at radius 3 is 1.76 bits per heavy atom. The topological polar surface area (TPSA) is 52.5 Å². The van der Waals surface area contributed by atoms with Crippen molar-refractivity contribution < 1.29 is 0 Å². The Bertz CT molecular complexity index is 2430. The van der Waals surface area contributed by atoms with Crippen LogP contribution in [0.1, 0.15) is 43.0 Å². The molecule has 0 N–H and O–H groups in total. The van der Waals surface area contributed by atoms with Gasteiger partial charge in [-0.15, -0.1) is 6.58 Å². The lowest BCUT2D eigenvalue weighted by molar-refractivity contribution is 1.18. The van der Waals surface area contributed by atoms with Crippen molar-refractivity contribution in [3.05, 3.63) is 174 Å². The standard InChI is InChI=1S/C38H25N3.C5H8.C4H8/c1-24-14-16-37-34(18-24)35-19-25(2)15-17-38(35)41(37)28-9-7-8-26(20-28)29-10-3-5-12-31(29)33-21-27(22-39)30-11-4-6-13-32(30)36(33)23-40;1-3-5-4-2;1-4(2)3/h3-21H,1-2H3;3-5H,1H2,2H3;1H2,2-3H3/b;5-4-;. The lowest BCUT2D eigenvalue weighted by Crippen LogP contribution is -1.96. The van der Waals surface area contributed by atoms with Crippen molar-refractivity contribution >= 4 is 32.6 Å². The smallest absolute Gasteiger partial charge is 0.100 e. The van der Waals surface area contributed by atoms with Crippen LogP contribution < -0.4 is 0 Å². The van der Waals surface area contributed by atoms with Gasteiger partial charge in [0.05, 0.1) is 28.2 Å². The highest BCUT2D eigenvalue weighted by Gasteiger charge is 2.18. The molecule has 0 aliphatic heterocycles. The highest BCUT2D eigenvalue weighted by molar-refractivity contribution is 6.10. The summed E-state index contributed by atoms with van der Waals surface area (Å²) in [6.45, 7) is 17.2. The molecule has 0 radical (unpaired) electrons. The van der Waals surface area contributed by atoms with E-state index in [0.29, 0.717) is 11.1 Å². The van der Waals surface area contributed by atoms with Gasteiger partial charge in [0.1, 0.15) is 6.07 Å². The molecule has 1 aromatic heterocycles. The molecule has 0 amide bonds. The maximum atomic E-state index is 10.3. The first kappa shape index (κ1) is 34.9. The van der Waals surface area contributed by atoms with Crippen LogP contribution in [0, 0.1) is 36.5 Å². The van der Waals surface area contributed by atoms with Crippen LogP contribution in [0.15, 0.2) is 152 Å². The lowest BCUT2D eigenvalue weighted by Gasteiger charge is -2.15. The average Bonchev–Trinajstić information content (AvgIpc) is 3.43. The van der Waals surface area contributed by atoms with Gasteiger partial charge >= 0.3 is 0 Å². The summed E-state index contributed by atoms with van der Waals surface area (Å²) >= 11 is 0. The van der Waals surface area contributed by atoms with Gasteiger partial charge in [-0.05, 0) is 93.8 Å². The Morgan fingerprint density at radius 2 is 1.22 bits per heavy atom. The normalized spacial score (nSPS) is 10.5. The molecular formula is C47H41N3. The number of aromatic nitrogens is 1. The molecule has 3 heteroatoms. The second-order valence-electron chi connectivity index (χ2n) is 12.6. The van der Waals surface area contributed by atoms with Crippen LogP contribution >= 0.6 is 0 Å². The molecule has 7 aromatic rings. The maximum Gasteiger partial charge on any atom is 0.100 e. The van der Waals surface area contributed by atoms with Gasteiger partial charge in [0.2, 0.25) is 0 Å². The van der Waals surface area contributed by atoms with Crippen molar-refractivity contribution in [1.29, 1.82) is 10.5 Å². The molecule has 0 unspecified atom stereocenters. The van der Waals surface area contributed by atoms with E-state index in [-0.39, 0.29) is 0 Å². The first-order chi connectivity index (χ1) is 24.2. The fraction of sp³-hybridized carbons (Fsp3) is 0.106. The Hall–Kier alpha value is -6.42. The summed E-state index contributed by atoms with van der Waals surface area (Å²) in [7, 11) is 0. The number of nitrogens with zero attached hydrogens (tertiary/aromatic N) is 3. The van der Waals surface area contributed by atoms with Gasteiger partial charge in [0.25, 0.3) is 0 Å². The first-order valence-electron chi connectivity index (χ1n) is 16.7. The Morgan fingerprint density at radius 1 is 0.640 bits per heavy atom. The molecule has 1 heterocycles. The maximum absolute atomic E-state index is 10.3. The molecule has 0 aliphatic carbocycles. The number of hydrogen-bond donors (Lipinski definition) is 0. The van der Waals surface area contributed by atoms with Crippen molar-refractivity contribution in [2.75, 3.05) is 0 Å². The van der Waals surface area contributed by atoms with Gasteiger partial charge in [0.15, 0.2) is 0 Å². The van der Waals surface area contributed by atoms with Crippen LogP contribution in [0.3, 0.4) is 0 Å². The molecule has 0 spiro atoms. The van der Waals surface area contributed by atoms with Crippen molar-refractivity contribution in [1.82, 2.24) is 4.57 Å². The molecule has 6 aromatic carbocycles. The molecule has 0 saturated carbocycles. The third-order valence-corrected chi connectivity index (χ3v) is 8.31. The van der Waals surface area contributed by atoms with E-state index in [9.17, 15) is 10.5 Å². The number of rotatable bonds is 4. The van der Waals surface area contributed by atoms with Crippen LogP contribution in [-0.4, -0.2) is 4.57 Å². The quantitative estimate of drug-likeness (QED) is 0.141. The van der Waals surface area contributed by atoms with E-state index in [4.69, 9.17) is 0 Å². The van der Waals surface area contributed by atoms with Crippen molar-refractivity contribution in [3.63, 3.8) is 0 Å². The van der Waals surface area contributed by atoms with E-state index in [1.165, 1.54) is 38.5 Å². The first-order valence-corrected chi connectivity index (χ1v) is 16.7. The molecule has 0 saturated heterocycles. The molecule has 0 atom stereocenters. The zero-order chi connectivity index (χ0) is 35.8. The average molecular weight is 648 g/mol. The summed E-state index contributed by atoms with van der Waals surface area (Å²) in [6, 6.07) is 44.3. The fourth-order valence-electron chi connectivity index (χ4n) is 6.25. The summed E-state index contributed by atoms with van der Waals surface area (Å²) in [5.74, 6) is 0. The van der Waals surface area contributed by atoms with E-state index in [1.54, 1.807) is 6.08 Å². The molecule has 0 aliphatic rings. The number of allylic oxidation sites excluding steroid dienone is 4. The summed E-state index contributed by atoms with van der Waals surface area (Å²) in [5, 5.41) is 24.3. The van der Waals surface area contributed by atoms with Crippen LogP contribution in [0.2, 0.25) is 0 Å². The zero-order valence-electron chi connectivity index (χ0n) is 29.5. The predicted octanol–water partition coefficient (Wildman–Crippen LogP) is 13.0. The van der Waals surface area contributed by atoms with Gasteiger partial charge < -0.3 is 4.57 Å². The Kier molecular flexibility index (Phi) is 10.9. The van der Waals surface area contributed by atoms with Crippen LogP contribution in [0.5, 0.6) is 0 Å². The molecular weight excluding hydrogens is 607 g/mol. The minimum atomic E-state index is 0.564. The van der Waals surface area contributed by atoms with Crippen molar-refractivity contribution in [2.24, 2.45) is 0 Å². The molecule has 7 rings (SSSR count). The summed E-state index contributed by atoms with van der Waals surface area (Å²) in [4.78, 5) is 0. The third-order valence-electron chi connectivity index (χ3n) is 8.31. The molecule has 0 fully saturated rings. The second-order valence-corrected chi connectivity index (χ2v) is 12.6. The predicted molar refractivity (Wildman–Crippen MR) is 214 cm³/mol. The zero-order valence-corrected chi connectivity index (χ0v) is 29.5. The highest BCUT2D eigenvalue weighted by Crippen LogP contribution is 2.39. The Balaban J connectivity index is 0.000000484. The monoisotopic (exact) mass is 647 g/mol. The number of hydrogen-bond acceptors (Lipinski definition) is 2. The number of benzene rings is 6. The van der Waals surface area contributed by atoms with E-state index in [2.05, 4.69) is 110 Å². The molecule has 50 heavy (non-hydrogen) atoms. The lowest BCUT2D eigenvalue weighted by atomic mass is 9.88. The van der Waals surface area contributed by atoms with E-state index in [1.807, 2.05) is 81.5 Å². The summed E-state index contributed by atoms with van der Waals surface area (Å²) in [5.41, 5.74) is 11.9. The second kappa shape index (κ2) is 15.7. The largest absolute Gasteiger partial charge is 0.309 e. The van der Waals surface area contributed by atoms with Gasteiger partial charge in [-0.25, -0.2) is 0 Å². The van der Waals surface area contributed by atoms with Crippen LogP contribution in [0.4, 0.5) is 0 Å². The Labute approximate surface area is 296 Å². The minimum Gasteiger partial charge on any atom is -0.309 e. The van der Waals surface area contributed by atoms with Gasteiger partial charge in [-0.2, -0.15) is 10.5 Å². The SMILES string of the molecule is C=C(C)C.C=C/C=C\C.Cc1ccc2c(c1)c1cc(C)ccc1n2-c1cccc(-c2ccccc2-c2cc(C#N)c3ccccc3c2C#N)c1. The number of aryl methyl sites for hydroxylation is 2. The fourth-order valence-corrected chi connectivity index (χ4v) is 6.25. The van der Waals surface area contributed by atoms with E-state index < -0.39 is 0 Å². The minimum absolute atomic E-state index is 0.564. The van der Waals surface area contributed by atoms with E-state index in [0.717, 1.165) is 38.7 Å².